The normalized spacial score (nSPS) is 16.6. The van der Waals surface area contributed by atoms with Gasteiger partial charge in [0.15, 0.2) is 5.69 Å². The lowest BCUT2D eigenvalue weighted by atomic mass is 9.81. The van der Waals surface area contributed by atoms with Crippen molar-refractivity contribution in [3.63, 3.8) is 0 Å². The zero-order valence-electron chi connectivity index (χ0n) is 21.6. The molecule has 1 aromatic heterocycles. The molecular formula is C36H23N4+. The molecule has 40 heavy (non-hydrogen) atoms. The van der Waals surface area contributed by atoms with E-state index in [2.05, 4.69) is 119 Å². The molecule has 3 heterocycles. The maximum Gasteiger partial charge on any atom is 0.340 e. The first-order valence-electron chi connectivity index (χ1n) is 13.6. The Morgan fingerprint density at radius 3 is 2.38 bits per heavy atom. The molecule has 0 fully saturated rings. The molecule has 5 aromatic carbocycles. The predicted molar refractivity (Wildman–Crippen MR) is 165 cm³/mol. The van der Waals surface area contributed by atoms with Gasteiger partial charge in [-0.1, -0.05) is 84.9 Å². The molecule has 0 saturated heterocycles. The lowest BCUT2D eigenvalue weighted by Gasteiger charge is -2.44. The third-order valence-electron chi connectivity index (χ3n) is 8.30. The van der Waals surface area contributed by atoms with E-state index in [0.29, 0.717) is 0 Å². The molecule has 0 amide bonds. The van der Waals surface area contributed by atoms with Crippen LogP contribution in [0.4, 0.5) is 22.9 Å². The van der Waals surface area contributed by atoms with E-state index in [0.717, 1.165) is 33.8 Å². The molecule has 186 valence electrons. The summed E-state index contributed by atoms with van der Waals surface area (Å²) in [5.41, 5.74) is 9.25. The van der Waals surface area contributed by atoms with Gasteiger partial charge in [-0.25, -0.2) is 4.98 Å². The second-order valence-corrected chi connectivity index (χ2v) is 10.4. The monoisotopic (exact) mass is 511 g/mol. The number of fused-ring (bicyclic) bond motifs is 5. The molecule has 1 unspecified atom stereocenters. The summed E-state index contributed by atoms with van der Waals surface area (Å²) >= 11 is 0. The maximum absolute atomic E-state index is 5.28. The molecule has 0 N–H and O–H groups in total. The SMILES string of the molecule is C1=CC2=[N+](c3nc(-c4ccccc4)nc4ccccc34)c3ccccc3N3c4cccc5cccc(c45)C(=C1)C23. The quantitative estimate of drug-likeness (QED) is 0.220. The van der Waals surface area contributed by atoms with Gasteiger partial charge in [0.2, 0.25) is 0 Å². The number of hydrogen-bond donors (Lipinski definition) is 0. The number of aromatic nitrogens is 2. The fourth-order valence-electron chi connectivity index (χ4n) is 6.65. The minimum absolute atomic E-state index is 0.0225. The molecule has 4 heteroatoms. The summed E-state index contributed by atoms with van der Waals surface area (Å²) in [7, 11) is 0. The molecule has 0 saturated carbocycles. The highest BCUT2D eigenvalue weighted by molar-refractivity contribution is 6.23. The van der Waals surface area contributed by atoms with Crippen molar-refractivity contribution in [1.29, 1.82) is 0 Å². The van der Waals surface area contributed by atoms with E-state index in [4.69, 9.17) is 9.97 Å². The average Bonchev–Trinajstić information content (AvgIpc) is 3.03. The zero-order chi connectivity index (χ0) is 26.2. The van der Waals surface area contributed by atoms with E-state index in [1.54, 1.807) is 0 Å². The number of benzene rings is 5. The Hall–Kier alpha value is -5.35. The van der Waals surface area contributed by atoms with E-state index in [-0.39, 0.29) is 6.04 Å². The van der Waals surface area contributed by atoms with E-state index in [1.165, 1.54) is 39.0 Å². The van der Waals surface area contributed by atoms with Crippen molar-refractivity contribution in [3.05, 3.63) is 139 Å². The van der Waals surface area contributed by atoms with Crippen LogP contribution in [-0.4, -0.2) is 21.7 Å². The predicted octanol–water partition coefficient (Wildman–Crippen LogP) is 8.21. The van der Waals surface area contributed by atoms with Crippen molar-refractivity contribution in [3.8, 4) is 11.4 Å². The molecule has 9 rings (SSSR count). The number of anilines is 2. The number of nitrogens with zero attached hydrogens (tertiary/aromatic N) is 4. The van der Waals surface area contributed by atoms with E-state index in [1.807, 2.05) is 24.3 Å². The Morgan fingerprint density at radius 2 is 1.45 bits per heavy atom. The summed E-state index contributed by atoms with van der Waals surface area (Å²) < 4.78 is 2.37. The van der Waals surface area contributed by atoms with Gasteiger partial charge in [-0.05, 0) is 70.0 Å². The minimum atomic E-state index is 0.0225. The van der Waals surface area contributed by atoms with Gasteiger partial charge in [0, 0.05) is 10.9 Å². The highest BCUT2D eigenvalue weighted by atomic mass is 15.3. The Labute approximate surface area is 231 Å². The standard InChI is InChI=1S/C36H23N4/c1-2-11-24(12-3-1)35-37-28-18-5-4-15-27(28)36(38-35)40-30-20-7-6-19-29(30)39-31-21-9-14-23-13-8-16-25(33(23)31)26-17-10-22-32(40)34(26)39/h1-22,34H/q+1. The third-order valence-corrected chi connectivity index (χ3v) is 8.30. The molecule has 1 aliphatic carbocycles. The van der Waals surface area contributed by atoms with Crippen molar-refractivity contribution >= 4 is 55.8 Å². The van der Waals surface area contributed by atoms with Crippen molar-refractivity contribution in [2.24, 2.45) is 0 Å². The van der Waals surface area contributed by atoms with Gasteiger partial charge >= 0.3 is 5.82 Å². The second kappa shape index (κ2) is 8.08. The van der Waals surface area contributed by atoms with Gasteiger partial charge in [-0.2, -0.15) is 4.58 Å². The summed E-state index contributed by atoms with van der Waals surface area (Å²) in [6.45, 7) is 0. The molecule has 3 aliphatic rings. The van der Waals surface area contributed by atoms with Gasteiger partial charge in [-0.3, -0.25) is 0 Å². The molecule has 1 atom stereocenters. The molecule has 0 bridgehead atoms. The third kappa shape index (κ3) is 2.88. The molecular weight excluding hydrogens is 488 g/mol. The summed E-state index contributed by atoms with van der Waals surface area (Å²) in [5, 5.41) is 3.60. The van der Waals surface area contributed by atoms with Crippen LogP contribution in [0.3, 0.4) is 0 Å². The Bertz CT molecular complexity index is 2120. The van der Waals surface area contributed by atoms with Crippen LogP contribution < -0.4 is 9.48 Å². The van der Waals surface area contributed by atoms with Crippen molar-refractivity contribution in [2.45, 2.75) is 6.04 Å². The van der Waals surface area contributed by atoms with Crippen LogP contribution >= 0.6 is 0 Å². The Kier molecular flexibility index (Phi) is 4.35. The number of hydrogen-bond acceptors (Lipinski definition) is 3. The molecule has 4 nitrogen and oxygen atoms in total. The zero-order valence-corrected chi connectivity index (χ0v) is 21.6. The van der Waals surface area contributed by atoms with Gasteiger partial charge in [-0.15, -0.1) is 0 Å². The molecule has 0 spiro atoms. The van der Waals surface area contributed by atoms with Gasteiger partial charge in [0.05, 0.1) is 22.3 Å². The van der Waals surface area contributed by atoms with Crippen LogP contribution in [-0.2, 0) is 0 Å². The van der Waals surface area contributed by atoms with Crippen molar-refractivity contribution in [2.75, 3.05) is 4.90 Å². The van der Waals surface area contributed by atoms with Gasteiger partial charge < -0.3 is 4.90 Å². The largest absolute Gasteiger partial charge is 0.340 e. The Balaban J connectivity index is 1.40. The number of rotatable bonds is 2. The van der Waals surface area contributed by atoms with E-state index >= 15 is 0 Å². The van der Waals surface area contributed by atoms with Crippen LogP contribution in [0, 0.1) is 0 Å². The maximum atomic E-state index is 5.28. The summed E-state index contributed by atoms with van der Waals surface area (Å²) in [6.07, 6.45) is 6.73. The summed E-state index contributed by atoms with van der Waals surface area (Å²) in [6, 6.07) is 40.6. The summed E-state index contributed by atoms with van der Waals surface area (Å²) in [5.74, 6) is 1.62. The minimum Gasteiger partial charge on any atom is -0.322 e. The Morgan fingerprint density at radius 1 is 0.675 bits per heavy atom. The van der Waals surface area contributed by atoms with E-state index in [9.17, 15) is 0 Å². The highest BCUT2D eigenvalue weighted by Crippen LogP contribution is 2.52. The number of para-hydroxylation sites is 3. The first-order chi connectivity index (χ1) is 19.9. The second-order valence-electron chi connectivity index (χ2n) is 10.4. The van der Waals surface area contributed by atoms with Crippen LogP contribution in [0.5, 0.6) is 0 Å². The van der Waals surface area contributed by atoms with Crippen molar-refractivity contribution in [1.82, 2.24) is 14.5 Å². The molecule has 6 aromatic rings. The van der Waals surface area contributed by atoms with Crippen LogP contribution in [0.2, 0.25) is 0 Å². The smallest absolute Gasteiger partial charge is 0.322 e. The highest BCUT2D eigenvalue weighted by Gasteiger charge is 2.44. The first kappa shape index (κ1) is 21.6. The first-order valence-corrected chi connectivity index (χ1v) is 13.6. The van der Waals surface area contributed by atoms with Crippen LogP contribution in [0.1, 0.15) is 5.56 Å². The topological polar surface area (TPSA) is 32.0 Å². The average molecular weight is 512 g/mol. The van der Waals surface area contributed by atoms with E-state index < -0.39 is 0 Å². The van der Waals surface area contributed by atoms with Crippen molar-refractivity contribution < 1.29 is 0 Å². The lowest BCUT2D eigenvalue weighted by molar-refractivity contribution is 0.892. The summed E-state index contributed by atoms with van der Waals surface area (Å²) in [4.78, 5) is 12.8. The lowest BCUT2D eigenvalue weighted by Crippen LogP contribution is -2.48. The molecule has 2 aliphatic heterocycles. The fourth-order valence-corrected chi connectivity index (χ4v) is 6.65. The van der Waals surface area contributed by atoms with Gasteiger partial charge in [0.1, 0.15) is 11.8 Å². The van der Waals surface area contributed by atoms with Crippen LogP contribution in [0.15, 0.2) is 133 Å². The fraction of sp³-hybridized carbons (Fsp3) is 0.0278. The molecule has 0 radical (unpaired) electrons. The van der Waals surface area contributed by atoms with Gasteiger partial charge in [0.25, 0.3) is 5.82 Å². The number of allylic oxidation sites excluding steroid dienone is 2. The van der Waals surface area contributed by atoms with Crippen LogP contribution in [0.25, 0.3) is 38.6 Å².